The van der Waals surface area contributed by atoms with Crippen molar-refractivity contribution in [2.75, 3.05) is 0 Å². The van der Waals surface area contributed by atoms with Crippen LogP contribution in [-0.2, 0) is 9.53 Å². The van der Waals surface area contributed by atoms with E-state index in [9.17, 15) is 9.59 Å². The van der Waals surface area contributed by atoms with E-state index in [1.165, 1.54) is 4.90 Å². The molecule has 1 heterocycles. The maximum atomic E-state index is 11.9. The van der Waals surface area contributed by atoms with Gasteiger partial charge in [0.25, 0.3) is 0 Å². The van der Waals surface area contributed by atoms with Crippen molar-refractivity contribution in [1.82, 2.24) is 4.90 Å². The summed E-state index contributed by atoms with van der Waals surface area (Å²) < 4.78 is 5.23. The van der Waals surface area contributed by atoms with Crippen molar-refractivity contribution >= 4 is 12.0 Å². The van der Waals surface area contributed by atoms with Crippen LogP contribution in [0.2, 0.25) is 0 Å². The maximum absolute atomic E-state index is 11.9. The molecule has 1 fully saturated rings. The molecule has 0 aromatic rings. The molecule has 16 heavy (non-hydrogen) atoms. The second-order valence-electron chi connectivity index (χ2n) is 5.35. The summed E-state index contributed by atoms with van der Waals surface area (Å²) in [6, 6.07) is -0.0962. The van der Waals surface area contributed by atoms with E-state index in [4.69, 9.17) is 4.74 Å². The van der Waals surface area contributed by atoms with Crippen LogP contribution in [0.25, 0.3) is 0 Å². The molecule has 2 bridgehead atoms. The van der Waals surface area contributed by atoms with E-state index >= 15 is 0 Å². The lowest BCUT2D eigenvalue weighted by atomic mass is 9.96. The summed E-state index contributed by atoms with van der Waals surface area (Å²) in [5.74, 6) is -0.119. The Kier molecular flexibility index (Phi) is 2.52. The Bertz CT molecular complexity index is 354. The van der Waals surface area contributed by atoms with Gasteiger partial charge in [-0.25, -0.2) is 9.69 Å². The molecule has 0 aromatic heterocycles. The second-order valence-corrected chi connectivity index (χ2v) is 5.35. The number of allylic oxidation sites excluding steroid dienone is 1. The lowest BCUT2D eigenvalue weighted by molar-refractivity contribution is -0.130. The highest BCUT2D eigenvalue weighted by Gasteiger charge is 2.44. The van der Waals surface area contributed by atoms with Gasteiger partial charge in [-0.3, -0.25) is 4.79 Å². The number of hydrogen-bond donors (Lipinski definition) is 0. The zero-order valence-electron chi connectivity index (χ0n) is 9.90. The summed E-state index contributed by atoms with van der Waals surface area (Å²) >= 11 is 0. The third-order valence-electron chi connectivity index (χ3n) is 2.81. The first-order chi connectivity index (χ1) is 7.38. The molecule has 2 atom stereocenters. The molecule has 0 radical (unpaired) electrons. The standard InChI is InChI=1S/C12H17NO3/c1-12(2,3)16-11(15)13-9-6-4-5-8(7-9)10(13)14/h4,6,8-9H,5,7H2,1-3H3/t8?,9-/m0/s1. The van der Waals surface area contributed by atoms with Gasteiger partial charge in [-0.1, -0.05) is 12.2 Å². The minimum Gasteiger partial charge on any atom is -0.443 e. The number of likely N-dealkylation sites (tertiary alicyclic amines) is 1. The molecule has 4 heteroatoms. The number of nitrogens with zero attached hydrogens (tertiary/aromatic N) is 1. The van der Waals surface area contributed by atoms with Crippen molar-refractivity contribution in [3.05, 3.63) is 12.2 Å². The Morgan fingerprint density at radius 1 is 1.50 bits per heavy atom. The van der Waals surface area contributed by atoms with Gasteiger partial charge >= 0.3 is 6.09 Å². The molecular weight excluding hydrogens is 206 g/mol. The van der Waals surface area contributed by atoms with Gasteiger partial charge in [0.15, 0.2) is 0 Å². The fraction of sp³-hybridized carbons (Fsp3) is 0.667. The average Bonchev–Trinajstić information content (AvgIpc) is 2.35. The van der Waals surface area contributed by atoms with E-state index in [-0.39, 0.29) is 17.9 Å². The molecule has 0 saturated carbocycles. The Hall–Kier alpha value is -1.32. The molecule has 2 rings (SSSR count). The van der Waals surface area contributed by atoms with Gasteiger partial charge in [0.05, 0.1) is 6.04 Å². The SMILES string of the molecule is CC(C)(C)OC(=O)N1C(=O)C2CC=C[C@H]1C2. The van der Waals surface area contributed by atoms with Gasteiger partial charge in [0.1, 0.15) is 5.60 Å². The molecule has 88 valence electrons. The quantitative estimate of drug-likeness (QED) is 0.591. The lowest BCUT2D eigenvalue weighted by Crippen LogP contribution is -2.41. The zero-order chi connectivity index (χ0) is 11.9. The zero-order valence-corrected chi connectivity index (χ0v) is 9.90. The normalized spacial score (nSPS) is 28.4. The molecule has 2 amide bonds. The van der Waals surface area contributed by atoms with Crippen molar-refractivity contribution in [3.63, 3.8) is 0 Å². The van der Waals surface area contributed by atoms with Gasteiger partial charge in [-0.05, 0) is 33.6 Å². The minimum atomic E-state index is -0.558. The van der Waals surface area contributed by atoms with Crippen molar-refractivity contribution in [1.29, 1.82) is 0 Å². The van der Waals surface area contributed by atoms with Crippen molar-refractivity contribution in [3.8, 4) is 0 Å². The smallest absolute Gasteiger partial charge is 0.417 e. The Morgan fingerprint density at radius 3 is 2.75 bits per heavy atom. The number of carbonyl (C=O) groups excluding carboxylic acids is 2. The largest absolute Gasteiger partial charge is 0.443 e. The van der Waals surface area contributed by atoms with E-state index in [0.29, 0.717) is 0 Å². The van der Waals surface area contributed by atoms with E-state index in [1.54, 1.807) is 20.8 Å². The first-order valence-corrected chi connectivity index (χ1v) is 5.61. The topological polar surface area (TPSA) is 46.6 Å². The van der Waals surface area contributed by atoms with E-state index in [0.717, 1.165) is 12.8 Å². The van der Waals surface area contributed by atoms with Crippen LogP contribution in [0.1, 0.15) is 33.6 Å². The van der Waals surface area contributed by atoms with Gasteiger partial charge in [-0.15, -0.1) is 0 Å². The third-order valence-corrected chi connectivity index (χ3v) is 2.81. The molecular formula is C12H17NO3. The fourth-order valence-corrected chi connectivity index (χ4v) is 2.16. The van der Waals surface area contributed by atoms with Gasteiger partial charge in [0.2, 0.25) is 5.91 Å². The fourth-order valence-electron chi connectivity index (χ4n) is 2.16. The Labute approximate surface area is 95.2 Å². The highest BCUT2D eigenvalue weighted by molar-refractivity contribution is 5.96. The van der Waals surface area contributed by atoms with Crippen LogP contribution < -0.4 is 0 Å². The van der Waals surface area contributed by atoms with Crippen LogP contribution in [-0.4, -0.2) is 28.5 Å². The van der Waals surface area contributed by atoms with Crippen LogP contribution in [0.15, 0.2) is 12.2 Å². The predicted octanol–water partition coefficient (Wildman–Crippen LogP) is 2.10. The van der Waals surface area contributed by atoms with E-state index in [1.807, 2.05) is 12.2 Å². The van der Waals surface area contributed by atoms with Gasteiger partial charge in [0, 0.05) is 5.92 Å². The van der Waals surface area contributed by atoms with Crippen molar-refractivity contribution in [2.24, 2.45) is 5.92 Å². The van der Waals surface area contributed by atoms with Crippen molar-refractivity contribution in [2.45, 2.75) is 45.3 Å². The summed E-state index contributed by atoms with van der Waals surface area (Å²) in [6.45, 7) is 5.40. The van der Waals surface area contributed by atoms with Gasteiger partial charge < -0.3 is 4.74 Å². The number of hydrogen-bond acceptors (Lipinski definition) is 3. The molecule has 0 aromatic carbocycles. The van der Waals surface area contributed by atoms with Crippen LogP contribution in [0.3, 0.4) is 0 Å². The maximum Gasteiger partial charge on any atom is 0.417 e. The second kappa shape index (κ2) is 3.61. The number of imide groups is 1. The van der Waals surface area contributed by atoms with Crippen molar-refractivity contribution < 1.29 is 14.3 Å². The summed E-state index contributed by atoms with van der Waals surface area (Å²) in [6.07, 6.45) is 4.87. The van der Waals surface area contributed by atoms with Crippen LogP contribution in [0.4, 0.5) is 4.79 Å². The highest BCUT2D eigenvalue weighted by atomic mass is 16.6. The van der Waals surface area contributed by atoms with Gasteiger partial charge in [-0.2, -0.15) is 0 Å². The summed E-state index contributed by atoms with van der Waals surface area (Å²) in [5.41, 5.74) is -0.558. The number of rotatable bonds is 0. The molecule has 1 aliphatic heterocycles. The molecule has 0 N–H and O–H groups in total. The van der Waals surface area contributed by atoms with E-state index < -0.39 is 11.7 Å². The van der Waals surface area contributed by atoms with E-state index in [2.05, 4.69) is 0 Å². The average molecular weight is 223 g/mol. The predicted molar refractivity (Wildman–Crippen MR) is 58.7 cm³/mol. The molecule has 1 saturated heterocycles. The highest BCUT2D eigenvalue weighted by Crippen LogP contribution is 2.33. The first kappa shape index (κ1) is 11.2. The molecule has 4 nitrogen and oxygen atoms in total. The van der Waals surface area contributed by atoms with Crippen LogP contribution in [0.5, 0.6) is 0 Å². The monoisotopic (exact) mass is 223 g/mol. The Morgan fingerprint density at radius 2 is 2.19 bits per heavy atom. The van der Waals surface area contributed by atoms with Crippen LogP contribution >= 0.6 is 0 Å². The third kappa shape index (κ3) is 1.96. The molecule has 1 unspecified atom stereocenters. The summed E-state index contributed by atoms with van der Waals surface area (Å²) in [5, 5.41) is 0. The lowest BCUT2D eigenvalue weighted by Gasteiger charge is -2.25. The summed E-state index contributed by atoms with van der Waals surface area (Å²) in [7, 11) is 0. The molecule has 0 spiro atoms. The first-order valence-electron chi connectivity index (χ1n) is 5.61. The van der Waals surface area contributed by atoms with Crippen LogP contribution in [0, 0.1) is 5.92 Å². The molecule has 2 aliphatic rings. The molecule has 1 aliphatic carbocycles. The Balaban J connectivity index is 2.13. The number of ether oxygens (including phenoxy) is 1. The number of fused-ring (bicyclic) bond motifs is 2. The number of carbonyl (C=O) groups is 2. The number of amides is 2. The minimum absolute atomic E-state index is 0.0254. The summed E-state index contributed by atoms with van der Waals surface area (Å²) in [4.78, 5) is 25.0.